The predicted octanol–water partition coefficient (Wildman–Crippen LogP) is 3.32. The third kappa shape index (κ3) is 2.51. The van der Waals surface area contributed by atoms with Crippen molar-refractivity contribution in [3.63, 3.8) is 0 Å². The number of para-hydroxylation sites is 1. The second-order valence-corrected chi connectivity index (χ2v) is 4.50. The molecule has 0 bridgehead atoms. The first kappa shape index (κ1) is 10.5. The van der Waals surface area contributed by atoms with Crippen LogP contribution < -0.4 is 5.32 Å². The highest BCUT2D eigenvalue weighted by Gasteiger charge is 2.32. The van der Waals surface area contributed by atoms with Crippen LogP contribution in [0, 0.1) is 11.8 Å². The van der Waals surface area contributed by atoms with Gasteiger partial charge in [-0.05, 0) is 30.9 Å². The van der Waals surface area contributed by atoms with Gasteiger partial charge in [0.1, 0.15) is 0 Å². The van der Waals surface area contributed by atoms with Gasteiger partial charge in [0.15, 0.2) is 0 Å². The molecule has 0 spiro atoms. The predicted molar refractivity (Wildman–Crippen MR) is 62.0 cm³/mol. The van der Waals surface area contributed by atoms with Gasteiger partial charge in [-0.3, -0.25) is 4.79 Å². The molecule has 0 saturated heterocycles. The van der Waals surface area contributed by atoms with Crippen molar-refractivity contribution in [3.05, 3.63) is 29.3 Å². The second kappa shape index (κ2) is 4.23. The molecule has 1 aromatic carbocycles. The molecular weight excluding hydrogens is 210 g/mol. The van der Waals surface area contributed by atoms with E-state index in [1.807, 2.05) is 25.1 Å². The maximum absolute atomic E-state index is 11.8. The van der Waals surface area contributed by atoms with Crippen LogP contribution in [0.3, 0.4) is 0 Å². The molecule has 1 atom stereocenters. The highest BCUT2D eigenvalue weighted by Crippen LogP contribution is 2.37. The first-order valence-corrected chi connectivity index (χ1v) is 5.61. The maximum Gasteiger partial charge on any atom is 0.227 e. The molecule has 1 amide bonds. The van der Waals surface area contributed by atoms with Crippen molar-refractivity contribution < 1.29 is 4.79 Å². The van der Waals surface area contributed by atoms with E-state index in [2.05, 4.69) is 5.32 Å². The Balaban J connectivity index is 2.02. The van der Waals surface area contributed by atoms with Gasteiger partial charge >= 0.3 is 0 Å². The molecule has 1 saturated carbocycles. The van der Waals surface area contributed by atoms with E-state index in [1.165, 1.54) is 12.8 Å². The lowest BCUT2D eigenvalue weighted by molar-refractivity contribution is -0.119. The topological polar surface area (TPSA) is 29.1 Å². The molecule has 1 N–H and O–H groups in total. The molecule has 1 aliphatic carbocycles. The Hall–Kier alpha value is -1.02. The van der Waals surface area contributed by atoms with Gasteiger partial charge in [0.05, 0.1) is 10.7 Å². The summed E-state index contributed by atoms with van der Waals surface area (Å²) in [6.07, 6.45) is 2.36. The molecule has 1 fully saturated rings. The maximum atomic E-state index is 11.8. The van der Waals surface area contributed by atoms with Crippen LogP contribution in [0.25, 0.3) is 0 Å². The number of anilines is 1. The Morgan fingerprint density at radius 3 is 2.73 bits per heavy atom. The summed E-state index contributed by atoms with van der Waals surface area (Å²) in [5, 5.41) is 3.45. The fraction of sp³-hybridized carbons (Fsp3) is 0.417. The van der Waals surface area contributed by atoms with E-state index >= 15 is 0 Å². The number of hydrogen-bond donors (Lipinski definition) is 1. The van der Waals surface area contributed by atoms with Gasteiger partial charge in [-0.2, -0.15) is 0 Å². The van der Waals surface area contributed by atoms with Crippen molar-refractivity contribution in [3.8, 4) is 0 Å². The number of nitrogens with one attached hydrogen (secondary N) is 1. The Morgan fingerprint density at radius 1 is 1.47 bits per heavy atom. The smallest absolute Gasteiger partial charge is 0.227 e. The van der Waals surface area contributed by atoms with Crippen molar-refractivity contribution in [1.82, 2.24) is 0 Å². The van der Waals surface area contributed by atoms with Crippen molar-refractivity contribution in [2.75, 3.05) is 5.32 Å². The van der Waals surface area contributed by atoms with Gasteiger partial charge in [0, 0.05) is 5.92 Å². The van der Waals surface area contributed by atoms with E-state index in [1.54, 1.807) is 6.07 Å². The number of benzene rings is 1. The van der Waals surface area contributed by atoms with Crippen LogP contribution in [0.1, 0.15) is 19.8 Å². The molecule has 1 unspecified atom stereocenters. The Morgan fingerprint density at radius 2 is 2.13 bits per heavy atom. The van der Waals surface area contributed by atoms with Gasteiger partial charge in [-0.1, -0.05) is 30.7 Å². The summed E-state index contributed by atoms with van der Waals surface area (Å²) < 4.78 is 0. The number of halogens is 1. The summed E-state index contributed by atoms with van der Waals surface area (Å²) in [6, 6.07) is 7.31. The van der Waals surface area contributed by atoms with E-state index in [9.17, 15) is 4.79 Å². The average Bonchev–Trinajstić information content (AvgIpc) is 3.04. The average molecular weight is 224 g/mol. The molecule has 80 valence electrons. The van der Waals surface area contributed by atoms with Gasteiger partial charge in [0.2, 0.25) is 5.91 Å². The largest absolute Gasteiger partial charge is 0.325 e. The fourth-order valence-electron chi connectivity index (χ4n) is 1.62. The molecule has 0 aliphatic heterocycles. The fourth-order valence-corrected chi connectivity index (χ4v) is 1.80. The minimum atomic E-state index is 0.0746. The van der Waals surface area contributed by atoms with Crippen LogP contribution in [0.15, 0.2) is 24.3 Å². The van der Waals surface area contributed by atoms with Crippen molar-refractivity contribution in [1.29, 1.82) is 0 Å². The minimum absolute atomic E-state index is 0.0746. The van der Waals surface area contributed by atoms with Gasteiger partial charge in [-0.25, -0.2) is 0 Å². The normalized spacial score (nSPS) is 17.2. The third-order valence-corrected chi connectivity index (χ3v) is 3.20. The van der Waals surface area contributed by atoms with Crippen LogP contribution in [-0.2, 0) is 4.79 Å². The van der Waals surface area contributed by atoms with Gasteiger partial charge in [-0.15, -0.1) is 0 Å². The summed E-state index contributed by atoms with van der Waals surface area (Å²) in [5.41, 5.74) is 0.705. The number of rotatable bonds is 3. The second-order valence-electron chi connectivity index (χ2n) is 4.10. The van der Waals surface area contributed by atoms with Crippen LogP contribution >= 0.6 is 11.6 Å². The van der Waals surface area contributed by atoms with Crippen LogP contribution in [-0.4, -0.2) is 5.91 Å². The molecule has 1 aromatic rings. The quantitative estimate of drug-likeness (QED) is 0.837. The van der Waals surface area contributed by atoms with E-state index in [4.69, 9.17) is 11.6 Å². The van der Waals surface area contributed by atoms with Crippen LogP contribution in [0.5, 0.6) is 0 Å². The molecule has 0 heterocycles. The van der Waals surface area contributed by atoms with E-state index in [0.717, 1.165) is 0 Å². The molecule has 2 rings (SSSR count). The Bertz CT molecular complexity index is 374. The number of carbonyl (C=O) groups excluding carboxylic acids is 1. The standard InChI is InChI=1S/C12H14ClNO/c1-8(9-6-7-9)12(15)14-11-5-3-2-4-10(11)13/h2-5,8-9H,6-7H2,1H3,(H,14,15). The highest BCUT2D eigenvalue weighted by molar-refractivity contribution is 6.33. The zero-order valence-corrected chi connectivity index (χ0v) is 9.42. The third-order valence-electron chi connectivity index (χ3n) is 2.87. The van der Waals surface area contributed by atoms with Gasteiger partial charge in [0.25, 0.3) is 0 Å². The molecule has 0 aromatic heterocycles. The highest BCUT2D eigenvalue weighted by atomic mass is 35.5. The van der Waals surface area contributed by atoms with Crippen LogP contribution in [0.4, 0.5) is 5.69 Å². The lowest BCUT2D eigenvalue weighted by Gasteiger charge is -2.11. The Kier molecular flexibility index (Phi) is 2.96. The molecule has 1 aliphatic rings. The van der Waals surface area contributed by atoms with E-state index in [0.29, 0.717) is 16.6 Å². The summed E-state index contributed by atoms with van der Waals surface area (Å²) in [4.78, 5) is 11.8. The lowest BCUT2D eigenvalue weighted by Crippen LogP contribution is -2.21. The SMILES string of the molecule is CC(C(=O)Nc1ccccc1Cl)C1CC1. The van der Waals surface area contributed by atoms with Gasteiger partial charge < -0.3 is 5.32 Å². The van der Waals surface area contributed by atoms with E-state index < -0.39 is 0 Å². The molecule has 3 heteroatoms. The molecular formula is C12H14ClNO. The summed E-state index contributed by atoms with van der Waals surface area (Å²) in [7, 11) is 0. The zero-order chi connectivity index (χ0) is 10.8. The van der Waals surface area contributed by atoms with Crippen molar-refractivity contribution in [2.24, 2.45) is 11.8 Å². The minimum Gasteiger partial charge on any atom is -0.325 e. The van der Waals surface area contributed by atoms with Crippen molar-refractivity contribution >= 4 is 23.2 Å². The summed E-state index contributed by atoms with van der Waals surface area (Å²) in [6.45, 7) is 1.98. The number of amides is 1. The van der Waals surface area contributed by atoms with E-state index in [-0.39, 0.29) is 11.8 Å². The molecule has 0 radical (unpaired) electrons. The summed E-state index contributed by atoms with van der Waals surface area (Å²) >= 11 is 5.95. The lowest BCUT2D eigenvalue weighted by atomic mass is 10.1. The summed E-state index contributed by atoms with van der Waals surface area (Å²) in [5.74, 6) is 0.749. The Labute approximate surface area is 94.6 Å². The first-order chi connectivity index (χ1) is 7.18. The zero-order valence-electron chi connectivity index (χ0n) is 8.66. The molecule has 15 heavy (non-hydrogen) atoms. The number of hydrogen-bond acceptors (Lipinski definition) is 1. The van der Waals surface area contributed by atoms with Crippen molar-refractivity contribution in [2.45, 2.75) is 19.8 Å². The monoisotopic (exact) mass is 223 g/mol. The molecule has 2 nitrogen and oxygen atoms in total. The number of carbonyl (C=O) groups is 1. The van der Waals surface area contributed by atoms with Crippen LogP contribution in [0.2, 0.25) is 5.02 Å². The first-order valence-electron chi connectivity index (χ1n) is 5.24.